The van der Waals surface area contributed by atoms with Gasteiger partial charge in [-0.3, -0.25) is 0 Å². The minimum absolute atomic E-state index is 0.550. The fourth-order valence-electron chi connectivity index (χ4n) is 5.21. The Hall–Kier alpha value is -3.64. The van der Waals surface area contributed by atoms with Crippen LogP contribution in [0.5, 0.6) is 11.5 Å². The predicted octanol–water partition coefficient (Wildman–Crippen LogP) is 7.19. The minimum Gasteiger partial charge on any atom is -0.493 e. The molecule has 1 saturated carbocycles. The van der Waals surface area contributed by atoms with Crippen molar-refractivity contribution in [3.8, 4) is 11.5 Å². The van der Waals surface area contributed by atoms with Crippen molar-refractivity contribution in [3.63, 3.8) is 0 Å². The van der Waals surface area contributed by atoms with Crippen molar-refractivity contribution >= 4 is 16.7 Å². The molecule has 1 fully saturated rings. The number of fused-ring (bicyclic) bond motifs is 1. The largest absolute Gasteiger partial charge is 0.493 e. The van der Waals surface area contributed by atoms with Crippen LogP contribution >= 0.6 is 0 Å². The van der Waals surface area contributed by atoms with E-state index in [0.29, 0.717) is 6.61 Å². The van der Waals surface area contributed by atoms with Crippen molar-refractivity contribution in [2.24, 2.45) is 11.8 Å². The van der Waals surface area contributed by atoms with E-state index >= 15 is 0 Å². The van der Waals surface area contributed by atoms with Crippen molar-refractivity contribution < 1.29 is 9.47 Å². The lowest BCUT2D eigenvalue weighted by Crippen LogP contribution is -2.26. The van der Waals surface area contributed by atoms with Gasteiger partial charge in [0.1, 0.15) is 18.2 Å². The Morgan fingerprint density at radius 1 is 0.875 bits per heavy atom. The molecule has 1 aliphatic carbocycles. The van der Waals surface area contributed by atoms with Crippen molar-refractivity contribution in [1.29, 1.82) is 0 Å². The van der Waals surface area contributed by atoms with Gasteiger partial charge in [0.15, 0.2) is 11.5 Å². The van der Waals surface area contributed by atoms with Gasteiger partial charge in [-0.25, -0.2) is 9.97 Å². The average Bonchev–Trinajstić information content (AvgIpc) is 2.97. The van der Waals surface area contributed by atoms with E-state index in [9.17, 15) is 0 Å². The highest BCUT2D eigenvalue weighted by Crippen LogP contribution is 2.32. The Kier molecular flexibility index (Phi) is 10.8. The molecule has 5 rings (SSSR count). The third-order valence-electron chi connectivity index (χ3n) is 7.51. The standard InChI is InChI=1S/C23H31NO2.C11H13N3/c1-18-11-13-19(14-12-18)15-24-16-21-9-6-10-22(25-2)23(21)26-17-20-7-4-3-5-8-20;1-8-12-10-7-5-4-6-9(10)11(13-8)14(2)3/h3-10,18-19,24H,11-17H2,1-2H3;4-7H,1-3H3. The van der Waals surface area contributed by atoms with Crippen LogP contribution in [0.15, 0.2) is 72.8 Å². The first-order chi connectivity index (χ1) is 19.4. The zero-order chi connectivity index (χ0) is 28.3. The highest BCUT2D eigenvalue weighted by Gasteiger charge is 2.18. The van der Waals surface area contributed by atoms with Crippen LogP contribution in [0.2, 0.25) is 0 Å². The summed E-state index contributed by atoms with van der Waals surface area (Å²) in [7, 11) is 5.69. The van der Waals surface area contributed by atoms with Gasteiger partial charge in [-0.05, 0) is 61.9 Å². The van der Waals surface area contributed by atoms with Gasteiger partial charge in [-0.2, -0.15) is 0 Å². The smallest absolute Gasteiger partial charge is 0.166 e. The molecule has 1 aliphatic rings. The molecule has 6 nitrogen and oxygen atoms in total. The van der Waals surface area contributed by atoms with Gasteiger partial charge in [0, 0.05) is 31.6 Å². The van der Waals surface area contributed by atoms with Crippen LogP contribution in [0.1, 0.15) is 49.6 Å². The first kappa shape index (κ1) is 29.3. The lowest BCUT2D eigenvalue weighted by atomic mass is 9.83. The molecular weight excluding hydrogens is 496 g/mol. The number of ether oxygens (including phenoxy) is 2. The molecule has 40 heavy (non-hydrogen) atoms. The fourth-order valence-corrected chi connectivity index (χ4v) is 5.21. The van der Waals surface area contributed by atoms with Crippen molar-refractivity contribution in [3.05, 3.63) is 89.7 Å². The number of para-hydroxylation sites is 2. The molecule has 1 heterocycles. The number of rotatable bonds is 9. The molecule has 0 spiro atoms. The number of aromatic nitrogens is 2. The Bertz CT molecular complexity index is 1330. The van der Waals surface area contributed by atoms with Crippen LogP contribution in [-0.2, 0) is 13.2 Å². The first-order valence-corrected chi connectivity index (χ1v) is 14.4. The van der Waals surface area contributed by atoms with E-state index in [4.69, 9.17) is 9.47 Å². The number of hydrogen-bond acceptors (Lipinski definition) is 6. The van der Waals surface area contributed by atoms with Crippen molar-refractivity contribution in [1.82, 2.24) is 15.3 Å². The van der Waals surface area contributed by atoms with Gasteiger partial charge in [0.25, 0.3) is 0 Å². The molecule has 1 aromatic heterocycles. The number of anilines is 1. The summed E-state index contributed by atoms with van der Waals surface area (Å²) < 4.78 is 11.7. The number of hydrogen-bond donors (Lipinski definition) is 1. The summed E-state index contributed by atoms with van der Waals surface area (Å²) >= 11 is 0. The number of methoxy groups -OCH3 is 1. The van der Waals surface area contributed by atoms with E-state index in [0.717, 1.165) is 70.1 Å². The maximum absolute atomic E-state index is 6.14. The summed E-state index contributed by atoms with van der Waals surface area (Å²) in [6.07, 6.45) is 5.45. The summed E-state index contributed by atoms with van der Waals surface area (Å²) in [6, 6.07) is 24.4. The molecule has 0 saturated heterocycles. The van der Waals surface area contributed by atoms with E-state index in [-0.39, 0.29) is 0 Å². The molecule has 0 atom stereocenters. The quantitative estimate of drug-likeness (QED) is 0.242. The van der Waals surface area contributed by atoms with E-state index in [2.05, 4.69) is 40.4 Å². The summed E-state index contributed by atoms with van der Waals surface area (Å²) in [5.74, 6) is 5.16. The molecule has 4 aromatic rings. The SMILES string of the molecule is COc1cccc(CNCC2CCC(C)CC2)c1OCc1ccccc1.Cc1nc(N(C)C)c2ccccc2n1. The van der Waals surface area contributed by atoms with Gasteiger partial charge >= 0.3 is 0 Å². The normalized spacial score (nSPS) is 16.6. The molecule has 0 aliphatic heterocycles. The topological polar surface area (TPSA) is 59.5 Å². The Balaban J connectivity index is 0.000000222. The highest BCUT2D eigenvalue weighted by atomic mass is 16.5. The number of nitrogens with zero attached hydrogens (tertiary/aromatic N) is 3. The maximum Gasteiger partial charge on any atom is 0.166 e. The van der Waals surface area contributed by atoms with E-state index in [1.54, 1.807) is 7.11 Å². The second-order valence-corrected chi connectivity index (χ2v) is 11.0. The van der Waals surface area contributed by atoms with Crippen molar-refractivity contribution in [2.75, 3.05) is 32.6 Å². The van der Waals surface area contributed by atoms with E-state index in [1.807, 2.05) is 80.5 Å². The molecule has 0 unspecified atom stereocenters. The second kappa shape index (κ2) is 14.7. The Morgan fingerprint density at radius 3 is 2.33 bits per heavy atom. The van der Waals surface area contributed by atoms with Gasteiger partial charge < -0.3 is 19.7 Å². The molecule has 212 valence electrons. The Labute approximate surface area is 239 Å². The zero-order valence-corrected chi connectivity index (χ0v) is 24.7. The zero-order valence-electron chi connectivity index (χ0n) is 24.7. The maximum atomic E-state index is 6.14. The van der Waals surface area contributed by atoms with Crippen LogP contribution in [0, 0.1) is 18.8 Å². The number of nitrogens with one attached hydrogen (secondary N) is 1. The molecule has 1 N–H and O–H groups in total. The van der Waals surface area contributed by atoms with Crippen molar-refractivity contribution in [2.45, 2.75) is 52.7 Å². The van der Waals surface area contributed by atoms with Crippen LogP contribution in [0.3, 0.4) is 0 Å². The van der Waals surface area contributed by atoms with Crippen LogP contribution in [0.4, 0.5) is 5.82 Å². The molecule has 6 heteroatoms. The number of aryl methyl sites for hydroxylation is 1. The number of benzene rings is 3. The van der Waals surface area contributed by atoms with Crippen LogP contribution < -0.4 is 19.7 Å². The van der Waals surface area contributed by atoms with Gasteiger partial charge in [0.05, 0.1) is 12.6 Å². The molecule has 0 bridgehead atoms. The molecular formula is C34H44N4O2. The summed E-state index contributed by atoms with van der Waals surface area (Å²) in [5, 5.41) is 4.74. The van der Waals surface area contributed by atoms with Gasteiger partial charge in [-0.1, -0.05) is 74.4 Å². The summed E-state index contributed by atoms with van der Waals surface area (Å²) in [6.45, 7) is 6.74. The van der Waals surface area contributed by atoms with Gasteiger partial charge in [-0.15, -0.1) is 0 Å². The second-order valence-electron chi connectivity index (χ2n) is 11.0. The molecule has 0 amide bonds. The lowest BCUT2D eigenvalue weighted by molar-refractivity contribution is 0.274. The fraction of sp³-hybridized carbons (Fsp3) is 0.412. The van der Waals surface area contributed by atoms with E-state index in [1.165, 1.54) is 25.7 Å². The van der Waals surface area contributed by atoms with Gasteiger partial charge in [0.2, 0.25) is 0 Å². The third kappa shape index (κ3) is 8.18. The summed E-state index contributed by atoms with van der Waals surface area (Å²) in [5.41, 5.74) is 3.32. The monoisotopic (exact) mass is 540 g/mol. The third-order valence-corrected chi connectivity index (χ3v) is 7.51. The highest BCUT2D eigenvalue weighted by molar-refractivity contribution is 5.89. The average molecular weight is 541 g/mol. The van der Waals surface area contributed by atoms with E-state index < -0.39 is 0 Å². The lowest BCUT2D eigenvalue weighted by Gasteiger charge is -2.26. The molecule has 0 radical (unpaired) electrons. The minimum atomic E-state index is 0.550. The first-order valence-electron chi connectivity index (χ1n) is 14.4. The predicted molar refractivity (Wildman–Crippen MR) is 165 cm³/mol. The Morgan fingerprint density at radius 2 is 1.60 bits per heavy atom. The van der Waals surface area contributed by atoms with Crippen LogP contribution in [0.25, 0.3) is 10.9 Å². The van der Waals surface area contributed by atoms with Crippen LogP contribution in [-0.4, -0.2) is 37.7 Å². The molecule has 3 aromatic carbocycles. The summed E-state index contributed by atoms with van der Waals surface area (Å²) in [4.78, 5) is 10.8.